The Bertz CT molecular complexity index is 742. The average Bonchev–Trinajstić information content (AvgIpc) is 2.65. The molecule has 1 N–H and O–H groups in total. The van der Waals surface area contributed by atoms with E-state index in [2.05, 4.69) is 41.4 Å². The van der Waals surface area contributed by atoms with E-state index in [0.29, 0.717) is 6.42 Å². The molecule has 1 aliphatic rings. The predicted molar refractivity (Wildman–Crippen MR) is 105 cm³/mol. The molecule has 5 heteroatoms. The van der Waals surface area contributed by atoms with Gasteiger partial charge in [0.25, 0.3) is 0 Å². The van der Waals surface area contributed by atoms with Crippen molar-refractivity contribution >= 4 is 17.4 Å². The number of hydrogen-bond acceptors (Lipinski definition) is 4. The number of morpholine rings is 1. The molecule has 1 amide bonds. The maximum Gasteiger partial charge on any atom is 0.224 e. The van der Waals surface area contributed by atoms with Crippen LogP contribution in [0, 0.1) is 20.8 Å². The zero-order valence-electron chi connectivity index (χ0n) is 15.8. The Balaban J connectivity index is 1.63. The molecule has 1 aliphatic heterocycles. The van der Waals surface area contributed by atoms with Crippen LogP contribution in [-0.4, -0.2) is 37.2 Å². The number of nitrogens with one attached hydrogen (secondary N) is 1. The highest BCUT2D eigenvalue weighted by Gasteiger charge is 2.16. The van der Waals surface area contributed by atoms with Gasteiger partial charge in [0.2, 0.25) is 5.91 Å². The number of pyridine rings is 1. The van der Waals surface area contributed by atoms with E-state index in [1.165, 1.54) is 11.1 Å². The first-order valence-electron chi connectivity index (χ1n) is 9.19. The van der Waals surface area contributed by atoms with Crippen molar-refractivity contribution in [3.05, 3.63) is 52.7 Å². The SMILES string of the molecule is Cc1ccc(CCC(=O)Nc2c(C)cc(N3CCOCC3)nc2C)cc1. The van der Waals surface area contributed by atoms with Crippen LogP contribution < -0.4 is 10.2 Å². The first kappa shape index (κ1) is 18.4. The van der Waals surface area contributed by atoms with Crippen LogP contribution in [0.4, 0.5) is 11.5 Å². The fourth-order valence-electron chi connectivity index (χ4n) is 3.17. The first-order chi connectivity index (χ1) is 12.5. The van der Waals surface area contributed by atoms with Crippen molar-refractivity contribution in [1.82, 2.24) is 4.98 Å². The summed E-state index contributed by atoms with van der Waals surface area (Å²) in [5, 5.41) is 3.05. The standard InChI is InChI=1S/C21H27N3O2/c1-15-4-6-18(7-5-15)8-9-20(25)23-21-16(2)14-19(22-17(21)3)24-10-12-26-13-11-24/h4-7,14H,8-13H2,1-3H3,(H,23,25). The molecule has 0 spiro atoms. The maximum atomic E-state index is 12.4. The molecule has 1 aromatic carbocycles. The van der Waals surface area contributed by atoms with Gasteiger partial charge in [-0.15, -0.1) is 0 Å². The summed E-state index contributed by atoms with van der Waals surface area (Å²) in [6, 6.07) is 10.4. The quantitative estimate of drug-likeness (QED) is 0.895. The Hall–Kier alpha value is -2.40. The lowest BCUT2D eigenvalue weighted by Crippen LogP contribution is -2.37. The van der Waals surface area contributed by atoms with Crippen LogP contribution >= 0.6 is 0 Å². The zero-order valence-corrected chi connectivity index (χ0v) is 15.8. The molecule has 2 heterocycles. The molecular weight excluding hydrogens is 326 g/mol. The fourth-order valence-corrected chi connectivity index (χ4v) is 3.17. The number of amides is 1. The topological polar surface area (TPSA) is 54.5 Å². The van der Waals surface area contributed by atoms with Crippen LogP contribution in [0.5, 0.6) is 0 Å². The van der Waals surface area contributed by atoms with Crippen molar-refractivity contribution in [2.75, 3.05) is 36.5 Å². The number of aromatic nitrogens is 1. The van der Waals surface area contributed by atoms with Gasteiger partial charge in [-0.2, -0.15) is 0 Å². The third-order valence-electron chi connectivity index (χ3n) is 4.74. The second-order valence-corrected chi connectivity index (χ2v) is 6.89. The summed E-state index contributed by atoms with van der Waals surface area (Å²) in [6.45, 7) is 9.22. The van der Waals surface area contributed by atoms with Gasteiger partial charge >= 0.3 is 0 Å². The molecule has 3 rings (SSSR count). The monoisotopic (exact) mass is 353 g/mol. The van der Waals surface area contributed by atoms with E-state index < -0.39 is 0 Å². The van der Waals surface area contributed by atoms with Crippen LogP contribution in [0.1, 0.15) is 28.8 Å². The van der Waals surface area contributed by atoms with E-state index in [9.17, 15) is 4.79 Å². The molecule has 0 atom stereocenters. The summed E-state index contributed by atoms with van der Waals surface area (Å²) in [7, 11) is 0. The molecule has 0 bridgehead atoms. The van der Waals surface area contributed by atoms with E-state index in [-0.39, 0.29) is 5.91 Å². The van der Waals surface area contributed by atoms with E-state index in [0.717, 1.165) is 55.5 Å². The van der Waals surface area contributed by atoms with Gasteiger partial charge in [-0.25, -0.2) is 4.98 Å². The molecule has 5 nitrogen and oxygen atoms in total. The van der Waals surface area contributed by atoms with Crippen molar-refractivity contribution in [2.24, 2.45) is 0 Å². The smallest absolute Gasteiger partial charge is 0.224 e. The summed E-state index contributed by atoms with van der Waals surface area (Å²) >= 11 is 0. The minimum atomic E-state index is 0.0256. The van der Waals surface area contributed by atoms with Crippen LogP contribution in [0.2, 0.25) is 0 Å². The van der Waals surface area contributed by atoms with Gasteiger partial charge in [-0.3, -0.25) is 4.79 Å². The van der Waals surface area contributed by atoms with Gasteiger partial charge < -0.3 is 15.0 Å². The highest BCUT2D eigenvalue weighted by molar-refractivity contribution is 5.92. The molecule has 1 saturated heterocycles. The number of benzene rings is 1. The largest absolute Gasteiger partial charge is 0.378 e. The second-order valence-electron chi connectivity index (χ2n) is 6.89. The van der Waals surface area contributed by atoms with E-state index >= 15 is 0 Å². The van der Waals surface area contributed by atoms with Crippen molar-refractivity contribution in [2.45, 2.75) is 33.6 Å². The predicted octanol–water partition coefficient (Wildman–Crippen LogP) is 3.41. The van der Waals surface area contributed by atoms with Crippen molar-refractivity contribution in [3.63, 3.8) is 0 Å². The van der Waals surface area contributed by atoms with Gasteiger partial charge in [0.05, 0.1) is 24.6 Å². The molecule has 138 valence electrons. The van der Waals surface area contributed by atoms with E-state index in [1.807, 2.05) is 19.9 Å². The van der Waals surface area contributed by atoms with Gasteiger partial charge in [0.1, 0.15) is 5.82 Å². The Morgan fingerprint density at radius 2 is 1.85 bits per heavy atom. The summed E-state index contributed by atoms with van der Waals surface area (Å²) in [4.78, 5) is 19.3. The van der Waals surface area contributed by atoms with Crippen molar-refractivity contribution in [3.8, 4) is 0 Å². The third-order valence-corrected chi connectivity index (χ3v) is 4.74. The Morgan fingerprint density at radius 3 is 2.50 bits per heavy atom. The normalized spacial score (nSPS) is 14.3. The van der Waals surface area contributed by atoms with E-state index in [4.69, 9.17) is 9.72 Å². The number of anilines is 2. The lowest BCUT2D eigenvalue weighted by Gasteiger charge is -2.28. The summed E-state index contributed by atoms with van der Waals surface area (Å²) in [6.07, 6.45) is 1.21. The molecule has 0 radical (unpaired) electrons. The number of carbonyl (C=O) groups excluding carboxylic acids is 1. The molecule has 1 fully saturated rings. The Kier molecular flexibility index (Phi) is 5.89. The van der Waals surface area contributed by atoms with Gasteiger partial charge in [-0.1, -0.05) is 29.8 Å². The number of ether oxygens (including phenoxy) is 1. The number of rotatable bonds is 5. The van der Waals surface area contributed by atoms with Crippen molar-refractivity contribution in [1.29, 1.82) is 0 Å². The minimum Gasteiger partial charge on any atom is -0.378 e. The molecule has 1 aromatic heterocycles. The number of carbonyl (C=O) groups is 1. The first-order valence-corrected chi connectivity index (χ1v) is 9.19. The molecule has 0 unspecified atom stereocenters. The number of nitrogens with zero attached hydrogens (tertiary/aromatic N) is 2. The highest BCUT2D eigenvalue weighted by Crippen LogP contribution is 2.24. The molecule has 26 heavy (non-hydrogen) atoms. The van der Waals surface area contributed by atoms with Gasteiger partial charge in [0.15, 0.2) is 0 Å². The highest BCUT2D eigenvalue weighted by atomic mass is 16.5. The Morgan fingerprint density at radius 1 is 1.15 bits per heavy atom. The zero-order chi connectivity index (χ0) is 18.5. The van der Waals surface area contributed by atoms with Crippen LogP contribution in [0.3, 0.4) is 0 Å². The number of aryl methyl sites for hydroxylation is 4. The molecular formula is C21H27N3O2. The van der Waals surface area contributed by atoms with Crippen molar-refractivity contribution < 1.29 is 9.53 Å². The van der Waals surface area contributed by atoms with E-state index in [1.54, 1.807) is 0 Å². The third kappa shape index (κ3) is 4.61. The number of hydrogen-bond donors (Lipinski definition) is 1. The summed E-state index contributed by atoms with van der Waals surface area (Å²) < 4.78 is 5.40. The van der Waals surface area contributed by atoms with Crippen LogP contribution in [0.25, 0.3) is 0 Å². The van der Waals surface area contributed by atoms with Gasteiger partial charge in [0, 0.05) is 19.5 Å². The lowest BCUT2D eigenvalue weighted by atomic mass is 10.1. The van der Waals surface area contributed by atoms with Gasteiger partial charge in [-0.05, 0) is 44.4 Å². The maximum absolute atomic E-state index is 12.4. The Labute approximate surface area is 155 Å². The minimum absolute atomic E-state index is 0.0256. The van der Waals surface area contributed by atoms with Crippen LogP contribution in [0.15, 0.2) is 30.3 Å². The average molecular weight is 353 g/mol. The molecule has 0 saturated carbocycles. The second kappa shape index (κ2) is 8.32. The lowest BCUT2D eigenvalue weighted by molar-refractivity contribution is -0.116. The fraction of sp³-hybridized carbons (Fsp3) is 0.429. The van der Waals surface area contributed by atoms with Crippen LogP contribution in [-0.2, 0) is 16.0 Å². The molecule has 0 aliphatic carbocycles. The molecule has 2 aromatic rings. The summed E-state index contributed by atoms with van der Waals surface area (Å²) in [5.41, 5.74) is 5.14. The summed E-state index contributed by atoms with van der Waals surface area (Å²) in [5.74, 6) is 0.985.